The van der Waals surface area contributed by atoms with Crippen LogP contribution in [-0.2, 0) is 0 Å². The van der Waals surface area contributed by atoms with Gasteiger partial charge in [-0.3, -0.25) is 4.57 Å². The van der Waals surface area contributed by atoms with Gasteiger partial charge in [-0.1, -0.05) is 18.7 Å². The van der Waals surface area contributed by atoms with Gasteiger partial charge >= 0.3 is 0 Å². The zero-order chi connectivity index (χ0) is 14.8. The number of rotatable bonds is 4. The Morgan fingerprint density at radius 3 is 2.57 bits per heavy atom. The molecule has 0 aliphatic rings. The standard InChI is InChI=1S/C18H18N2O/c1-4-14-5-10-18-17(11-14)19-12-20(18)15-6-8-16(9-7-15)21-13(2)3/h4-13H,1H2,2-3H3. The maximum atomic E-state index is 5.67. The van der Waals surface area contributed by atoms with Crippen LogP contribution >= 0.6 is 0 Å². The van der Waals surface area contributed by atoms with E-state index >= 15 is 0 Å². The Morgan fingerprint density at radius 1 is 1.14 bits per heavy atom. The van der Waals surface area contributed by atoms with Crippen molar-refractivity contribution in [2.75, 3.05) is 0 Å². The van der Waals surface area contributed by atoms with Crippen LogP contribution < -0.4 is 4.74 Å². The first-order chi connectivity index (χ1) is 10.2. The number of benzene rings is 2. The average molecular weight is 278 g/mol. The number of aromatic nitrogens is 2. The molecule has 0 radical (unpaired) electrons. The summed E-state index contributed by atoms with van der Waals surface area (Å²) < 4.78 is 7.74. The minimum absolute atomic E-state index is 0.183. The van der Waals surface area contributed by atoms with E-state index in [1.54, 1.807) is 0 Å². The molecule has 0 aliphatic carbocycles. The highest BCUT2D eigenvalue weighted by atomic mass is 16.5. The van der Waals surface area contributed by atoms with E-state index < -0.39 is 0 Å². The molecular weight excluding hydrogens is 260 g/mol. The Bertz CT molecular complexity index is 770. The van der Waals surface area contributed by atoms with Crippen LogP contribution in [0.1, 0.15) is 19.4 Å². The summed E-state index contributed by atoms with van der Waals surface area (Å²) in [6.45, 7) is 7.83. The number of imidazole rings is 1. The molecule has 21 heavy (non-hydrogen) atoms. The highest BCUT2D eigenvalue weighted by Gasteiger charge is 2.05. The van der Waals surface area contributed by atoms with Crippen LogP contribution in [0.3, 0.4) is 0 Å². The molecule has 0 unspecified atom stereocenters. The third kappa shape index (κ3) is 2.68. The van der Waals surface area contributed by atoms with Crippen molar-refractivity contribution in [1.29, 1.82) is 0 Å². The van der Waals surface area contributed by atoms with Crippen LogP contribution in [0.15, 0.2) is 55.4 Å². The van der Waals surface area contributed by atoms with Gasteiger partial charge in [0.1, 0.15) is 12.1 Å². The van der Waals surface area contributed by atoms with Crippen LogP contribution in [0.4, 0.5) is 0 Å². The highest BCUT2D eigenvalue weighted by Crippen LogP contribution is 2.22. The molecule has 3 nitrogen and oxygen atoms in total. The van der Waals surface area contributed by atoms with Gasteiger partial charge in [0.25, 0.3) is 0 Å². The Hall–Kier alpha value is -2.55. The van der Waals surface area contributed by atoms with Gasteiger partial charge in [0, 0.05) is 5.69 Å². The lowest BCUT2D eigenvalue weighted by Gasteiger charge is -2.10. The van der Waals surface area contributed by atoms with Gasteiger partial charge in [0.2, 0.25) is 0 Å². The molecule has 0 atom stereocenters. The maximum absolute atomic E-state index is 5.67. The number of fused-ring (bicyclic) bond motifs is 1. The van der Waals surface area contributed by atoms with Crippen LogP contribution in [0, 0.1) is 0 Å². The average Bonchev–Trinajstić information content (AvgIpc) is 2.90. The van der Waals surface area contributed by atoms with E-state index in [4.69, 9.17) is 4.74 Å². The predicted molar refractivity (Wildman–Crippen MR) is 86.9 cm³/mol. The van der Waals surface area contributed by atoms with Gasteiger partial charge in [-0.2, -0.15) is 0 Å². The second kappa shape index (κ2) is 5.44. The summed E-state index contributed by atoms with van der Waals surface area (Å²) in [4.78, 5) is 4.46. The zero-order valence-electron chi connectivity index (χ0n) is 12.3. The van der Waals surface area contributed by atoms with Crippen molar-refractivity contribution in [1.82, 2.24) is 9.55 Å². The van der Waals surface area contributed by atoms with Crippen molar-refractivity contribution < 1.29 is 4.74 Å². The molecule has 0 saturated heterocycles. The number of nitrogens with zero attached hydrogens (tertiary/aromatic N) is 2. The molecule has 0 bridgehead atoms. The highest BCUT2D eigenvalue weighted by molar-refractivity contribution is 5.80. The lowest BCUT2D eigenvalue weighted by Crippen LogP contribution is -2.05. The Morgan fingerprint density at radius 2 is 1.90 bits per heavy atom. The Labute approximate surface area is 124 Å². The first-order valence-corrected chi connectivity index (χ1v) is 7.04. The first-order valence-electron chi connectivity index (χ1n) is 7.04. The summed E-state index contributed by atoms with van der Waals surface area (Å²) in [7, 11) is 0. The van der Waals surface area contributed by atoms with E-state index in [-0.39, 0.29) is 6.10 Å². The lowest BCUT2D eigenvalue weighted by atomic mass is 10.2. The van der Waals surface area contributed by atoms with Gasteiger partial charge in [-0.25, -0.2) is 4.98 Å². The van der Waals surface area contributed by atoms with Crippen molar-refractivity contribution in [2.24, 2.45) is 0 Å². The van der Waals surface area contributed by atoms with Crippen molar-refractivity contribution in [3.05, 3.63) is 60.9 Å². The van der Waals surface area contributed by atoms with Crippen molar-refractivity contribution in [3.63, 3.8) is 0 Å². The molecule has 0 N–H and O–H groups in total. The molecule has 1 heterocycles. The fraction of sp³-hybridized carbons (Fsp3) is 0.167. The SMILES string of the molecule is C=Cc1ccc2c(c1)ncn2-c1ccc(OC(C)C)cc1. The quantitative estimate of drug-likeness (QED) is 0.704. The van der Waals surface area contributed by atoms with Crippen LogP contribution in [0.5, 0.6) is 5.75 Å². The van der Waals surface area contributed by atoms with Gasteiger partial charge in [-0.15, -0.1) is 0 Å². The van der Waals surface area contributed by atoms with Crippen molar-refractivity contribution in [3.8, 4) is 11.4 Å². The minimum Gasteiger partial charge on any atom is -0.491 e. The van der Waals surface area contributed by atoms with Gasteiger partial charge < -0.3 is 4.74 Å². The fourth-order valence-electron chi connectivity index (χ4n) is 2.32. The van der Waals surface area contributed by atoms with E-state index in [2.05, 4.69) is 22.2 Å². The third-order valence-electron chi connectivity index (χ3n) is 3.29. The molecule has 2 aromatic carbocycles. The molecule has 3 rings (SSSR count). The monoisotopic (exact) mass is 278 g/mol. The largest absolute Gasteiger partial charge is 0.491 e. The molecule has 106 valence electrons. The third-order valence-corrected chi connectivity index (χ3v) is 3.29. The maximum Gasteiger partial charge on any atom is 0.119 e. The number of hydrogen-bond acceptors (Lipinski definition) is 2. The fourth-order valence-corrected chi connectivity index (χ4v) is 2.32. The molecule has 0 saturated carbocycles. The summed E-state index contributed by atoms with van der Waals surface area (Å²) in [5, 5.41) is 0. The molecular formula is C18H18N2O. The summed E-state index contributed by atoms with van der Waals surface area (Å²) in [6, 6.07) is 14.2. The summed E-state index contributed by atoms with van der Waals surface area (Å²) in [5.74, 6) is 0.882. The first kappa shape index (κ1) is 13.4. The number of ether oxygens (including phenoxy) is 1. The van der Waals surface area contributed by atoms with Gasteiger partial charge in [-0.05, 0) is 55.8 Å². The van der Waals surface area contributed by atoms with Crippen LogP contribution in [-0.4, -0.2) is 15.7 Å². The van der Waals surface area contributed by atoms with E-state index in [0.717, 1.165) is 28.0 Å². The van der Waals surface area contributed by atoms with E-state index in [0.29, 0.717) is 0 Å². The molecule has 1 aromatic heterocycles. The van der Waals surface area contributed by atoms with Gasteiger partial charge in [0.05, 0.1) is 17.1 Å². The normalized spacial score (nSPS) is 11.0. The smallest absolute Gasteiger partial charge is 0.119 e. The zero-order valence-corrected chi connectivity index (χ0v) is 12.3. The second-order valence-corrected chi connectivity index (χ2v) is 5.23. The molecule has 0 aliphatic heterocycles. The topological polar surface area (TPSA) is 27.1 Å². The number of hydrogen-bond donors (Lipinski definition) is 0. The summed E-state index contributed by atoms with van der Waals surface area (Å²) >= 11 is 0. The minimum atomic E-state index is 0.183. The van der Waals surface area contributed by atoms with Gasteiger partial charge in [0.15, 0.2) is 0 Å². The molecule has 3 heteroatoms. The van der Waals surface area contributed by atoms with E-state index in [1.165, 1.54) is 0 Å². The Balaban J connectivity index is 1.98. The molecule has 3 aromatic rings. The summed E-state index contributed by atoms with van der Waals surface area (Å²) in [5.41, 5.74) is 4.20. The molecule has 0 spiro atoms. The van der Waals surface area contributed by atoms with Crippen molar-refractivity contribution >= 4 is 17.1 Å². The summed E-state index contributed by atoms with van der Waals surface area (Å²) in [6.07, 6.45) is 3.86. The van der Waals surface area contributed by atoms with Crippen LogP contribution in [0.2, 0.25) is 0 Å². The van der Waals surface area contributed by atoms with E-state index in [1.807, 2.05) is 62.6 Å². The van der Waals surface area contributed by atoms with Crippen LogP contribution in [0.25, 0.3) is 22.8 Å². The Kier molecular flexibility index (Phi) is 3.48. The molecule has 0 amide bonds. The van der Waals surface area contributed by atoms with E-state index in [9.17, 15) is 0 Å². The second-order valence-electron chi connectivity index (χ2n) is 5.23. The predicted octanol–water partition coefficient (Wildman–Crippen LogP) is 4.46. The van der Waals surface area contributed by atoms with Crippen molar-refractivity contribution in [2.45, 2.75) is 20.0 Å². The molecule has 0 fully saturated rings. The lowest BCUT2D eigenvalue weighted by molar-refractivity contribution is 0.242.